The Bertz CT molecular complexity index is 244. The van der Waals surface area contributed by atoms with Crippen molar-refractivity contribution in [2.45, 2.75) is 19.6 Å². The van der Waals surface area contributed by atoms with Gasteiger partial charge in [0.05, 0.1) is 6.10 Å². The molecule has 0 saturated carbocycles. The fourth-order valence-corrected chi connectivity index (χ4v) is 0.939. The molecule has 3 heteroatoms. The Labute approximate surface area is 78.1 Å². The van der Waals surface area contributed by atoms with Crippen LogP contribution in [0.1, 0.15) is 12.5 Å². The Hall–Kier alpha value is -1.06. The first kappa shape index (κ1) is 10.0. The van der Waals surface area contributed by atoms with E-state index in [9.17, 15) is 0 Å². The van der Waals surface area contributed by atoms with E-state index in [0.717, 1.165) is 11.3 Å². The van der Waals surface area contributed by atoms with E-state index in [1.807, 2.05) is 24.3 Å². The third-order valence-corrected chi connectivity index (χ3v) is 1.65. The molecule has 0 fully saturated rings. The summed E-state index contributed by atoms with van der Waals surface area (Å²) in [7, 11) is 0. The van der Waals surface area contributed by atoms with Crippen molar-refractivity contribution in [1.82, 2.24) is 0 Å². The van der Waals surface area contributed by atoms with Crippen molar-refractivity contribution in [3.8, 4) is 5.75 Å². The largest absolute Gasteiger partial charge is 0.491 e. The van der Waals surface area contributed by atoms with Crippen LogP contribution in [0.5, 0.6) is 5.75 Å². The second-order valence-electron chi connectivity index (χ2n) is 3.01. The van der Waals surface area contributed by atoms with Crippen LogP contribution in [0.2, 0.25) is 0 Å². The lowest BCUT2D eigenvalue weighted by Gasteiger charge is -2.08. The van der Waals surface area contributed by atoms with E-state index in [0.29, 0.717) is 13.2 Å². The van der Waals surface area contributed by atoms with Crippen LogP contribution < -0.4 is 10.5 Å². The van der Waals surface area contributed by atoms with Crippen molar-refractivity contribution in [3.63, 3.8) is 0 Å². The second kappa shape index (κ2) is 4.84. The molecule has 0 radical (unpaired) electrons. The first-order chi connectivity index (χ1) is 6.22. The van der Waals surface area contributed by atoms with E-state index in [1.165, 1.54) is 0 Å². The topological polar surface area (TPSA) is 55.5 Å². The predicted molar refractivity (Wildman–Crippen MR) is 51.5 cm³/mol. The molecule has 1 rings (SSSR count). The molecule has 1 aromatic carbocycles. The zero-order chi connectivity index (χ0) is 9.68. The van der Waals surface area contributed by atoms with E-state index in [1.54, 1.807) is 6.92 Å². The second-order valence-corrected chi connectivity index (χ2v) is 3.01. The number of hydrogen-bond donors (Lipinski definition) is 2. The minimum absolute atomic E-state index is 0.321. The Morgan fingerprint density at radius 3 is 2.46 bits per heavy atom. The zero-order valence-corrected chi connectivity index (χ0v) is 7.73. The molecule has 3 nitrogen and oxygen atoms in total. The van der Waals surface area contributed by atoms with Gasteiger partial charge in [0.1, 0.15) is 12.4 Å². The van der Waals surface area contributed by atoms with Crippen molar-refractivity contribution in [1.29, 1.82) is 0 Å². The Morgan fingerprint density at radius 1 is 1.38 bits per heavy atom. The minimum atomic E-state index is -0.436. The van der Waals surface area contributed by atoms with Gasteiger partial charge in [-0.15, -0.1) is 0 Å². The van der Waals surface area contributed by atoms with Gasteiger partial charge in [-0.3, -0.25) is 0 Å². The standard InChI is InChI=1S/C10H15NO2/c1-8(12)7-13-10-4-2-9(6-11)3-5-10/h2-5,8,12H,6-7,11H2,1H3. The van der Waals surface area contributed by atoms with E-state index in [2.05, 4.69) is 0 Å². The van der Waals surface area contributed by atoms with Crippen LogP contribution in [0.4, 0.5) is 0 Å². The number of aliphatic hydroxyl groups excluding tert-OH is 1. The normalized spacial score (nSPS) is 12.5. The monoisotopic (exact) mass is 181 g/mol. The summed E-state index contributed by atoms with van der Waals surface area (Å²) in [5.41, 5.74) is 6.51. The molecule has 0 aliphatic heterocycles. The summed E-state index contributed by atoms with van der Waals surface area (Å²) in [5, 5.41) is 8.97. The molecule has 0 amide bonds. The summed E-state index contributed by atoms with van der Waals surface area (Å²) in [5.74, 6) is 0.762. The third-order valence-electron chi connectivity index (χ3n) is 1.65. The third kappa shape index (κ3) is 3.44. The van der Waals surface area contributed by atoms with Crippen LogP contribution in [0.25, 0.3) is 0 Å². The highest BCUT2D eigenvalue weighted by molar-refractivity contribution is 5.27. The van der Waals surface area contributed by atoms with E-state index >= 15 is 0 Å². The molecule has 0 aliphatic carbocycles. The molecular formula is C10H15NO2. The number of hydrogen-bond acceptors (Lipinski definition) is 3. The molecule has 0 heterocycles. The fraction of sp³-hybridized carbons (Fsp3) is 0.400. The van der Waals surface area contributed by atoms with Crippen molar-refractivity contribution in [2.24, 2.45) is 5.73 Å². The predicted octanol–water partition coefficient (Wildman–Crippen LogP) is 0.905. The molecule has 0 saturated heterocycles. The molecule has 3 N–H and O–H groups in total. The minimum Gasteiger partial charge on any atom is -0.491 e. The van der Waals surface area contributed by atoms with Crippen LogP contribution >= 0.6 is 0 Å². The van der Waals surface area contributed by atoms with Gasteiger partial charge in [0.15, 0.2) is 0 Å². The summed E-state index contributed by atoms with van der Waals surface area (Å²) < 4.78 is 5.28. The molecule has 0 aliphatic rings. The summed E-state index contributed by atoms with van der Waals surface area (Å²) in [6.45, 7) is 2.55. The molecule has 72 valence electrons. The summed E-state index contributed by atoms with van der Waals surface area (Å²) in [6.07, 6.45) is -0.436. The van der Waals surface area contributed by atoms with E-state index in [4.69, 9.17) is 15.6 Å². The number of benzene rings is 1. The first-order valence-electron chi connectivity index (χ1n) is 4.32. The summed E-state index contributed by atoms with van der Waals surface area (Å²) >= 11 is 0. The van der Waals surface area contributed by atoms with Gasteiger partial charge in [-0.1, -0.05) is 12.1 Å². The molecule has 0 aromatic heterocycles. The van der Waals surface area contributed by atoms with Crippen molar-refractivity contribution in [2.75, 3.05) is 6.61 Å². The number of aliphatic hydroxyl groups is 1. The molecule has 1 atom stereocenters. The lowest BCUT2D eigenvalue weighted by molar-refractivity contribution is 0.122. The van der Waals surface area contributed by atoms with Gasteiger partial charge in [-0.2, -0.15) is 0 Å². The fourth-order valence-electron chi connectivity index (χ4n) is 0.939. The Balaban J connectivity index is 2.49. The molecule has 0 bridgehead atoms. The van der Waals surface area contributed by atoms with Crippen molar-refractivity contribution < 1.29 is 9.84 Å². The molecular weight excluding hydrogens is 166 g/mol. The molecule has 1 unspecified atom stereocenters. The van der Waals surface area contributed by atoms with Crippen LogP contribution in [0.15, 0.2) is 24.3 Å². The quantitative estimate of drug-likeness (QED) is 0.725. The van der Waals surface area contributed by atoms with Crippen LogP contribution in [-0.2, 0) is 6.54 Å². The highest BCUT2D eigenvalue weighted by Gasteiger charge is 1.97. The molecule has 13 heavy (non-hydrogen) atoms. The Kier molecular flexibility index (Phi) is 3.73. The van der Waals surface area contributed by atoms with E-state index in [-0.39, 0.29) is 0 Å². The van der Waals surface area contributed by atoms with Gasteiger partial charge < -0.3 is 15.6 Å². The van der Waals surface area contributed by atoms with Gasteiger partial charge in [-0.05, 0) is 24.6 Å². The van der Waals surface area contributed by atoms with Crippen molar-refractivity contribution >= 4 is 0 Å². The average Bonchev–Trinajstić information content (AvgIpc) is 2.15. The highest BCUT2D eigenvalue weighted by atomic mass is 16.5. The number of rotatable bonds is 4. The van der Waals surface area contributed by atoms with Crippen LogP contribution in [0.3, 0.4) is 0 Å². The van der Waals surface area contributed by atoms with Gasteiger partial charge in [0, 0.05) is 6.54 Å². The first-order valence-corrected chi connectivity index (χ1v) is 4.32. The molecule has 0 spiro atoms. The lowest BCUT2D eigenvalue weighted by atomic mass is 10.2. The average molecular weight is 181 g/mol. The lowest BCUT2D eigenvalue weighted by Crippen LogP contribution is -2.12. The molecule has 1 aromatic rings. The smallest absolute Gasteiger partial charge is 0.119 e. The van der Waals surface area contributed by atoms with Gasteiger partial charge in [0.2, 0.25) is 0 Å². The van der Waals surface area contributed by atoms with Gasteiger partial charge in [-0.25, -0.2) is 0 Å². The SMILES string of the molecule is CC(O)COc1ccc(CN)cc1. The van der Waals surface area contributed by atoms with Gasteiger partial charge >= 0.3 is 0 Å². The maximum absolute atomic E-state index is 8.97. The number of ether oxygens (including phenoxy) is 1. The number of nitrogens with two attached hydrogens (primary N) is 1. The summed E-state index contributed by atoms with van der Waals surface area (Å²) in [6, 6.07) is 7.53. The Morgan fingerprint density at radius 2 is 2.00 bits per heavy atom. The zero-order valence-electron chi connectivity index (χ0n) is 7.73. The maximum atomic E-state index is 8.97. The van der Waals surface area contributed by atoms with Crippen LogP contribution in [-0.4, -0.2) is 17.8 Å². The van der Waals surface area contributed by atoms with Gasteiger partial charge in [0.25, 0.3) is 0 Å². The van der Waals surface area contributed by atoms with Crippen LogP contribution in [0, 0.1) is 0 Å². The maximum Gasteiger partial charge on any atom is 0.119 e. The summed E-state index contributed by atoms with van der Waals surface area (Å²) in [4.78, 5) is 0. The van der Waals surface area contributed by atoms with Crippen molar-refractivity contribution in [3.05, 3.63) is 29.8 Å². The highest BCUT2D eigenvalue weighted by Crippen LogP contribution is 2.11. The van der Waals surface area contributed by atoms with E-state index < -0.39 is 6.10 Å².